The Hall–Kier alpha value is -0.890. The summed E-state index contributed by atoms with van der Waals surface area (Å²) in [6.45, 7) is -0.224. The largest absolute Gasteiger partial charge is 0.388 e. The minimum absolute atomic E-state index is 0.224. The molecule has 14 heavy (non-hydrogen) atoms. The summed E-state index contributed by atoms with van der Waals surface area (Å²) in [5.41, 5.74) is 8.01. The quantitative estimate of drug-likeness (QED) is 0.237. The molecule has 8 heteroatoms. The van der Waals surface area contributed by atoms with Crippen LogP contribution in [0.2, 0.25) is 0 Å². The topological polar surface area (TPSA) is 139 Å². The minimum atomic E-state index is -1.59. The van der Waals surface area contributed by atoms with Crippen LogP contribution < -0.4 is 0 Å². The van der Waals surface area contributed by atoms with Gasteiger partial charge in [-0.05, 0) is 5.53 Å². The van der Waals surface area contributed by atoms with Gasteiger partial charge in [0.15, 0.2) is 6.29 Å². The SMILES string of the molecule is [N-]=[N+]=NCC1O[C@@H](O)C(O)C(O)[C@H]1O. The van der Waals surface area contributed by atoms with Gasteiger partial charge in [0.2, 0.25) is 0 Å². The predicted octanol–water partition coefficient (Wildman–Crippen LogP) is -1.90. The van der Waals surface area contributed by atoms with E-state index < -0.39 is 30.7 Å². The lowest BCUT2D eigenvalue weighted by Gasteiger charge is -2.37. The van der Waals surface area contributed by atoms with Crippen LogP contribution in [0.15, 0.2) is 5.11 Å². The van der Waals surface area contributed by atoms with Gasteiger partial charge in [0.25, 0.3) is 0 Å². The fourth-order valence-electron chi connectivity index (χ4n) is 1.20. The van der Waals surface area contributed by atoms with E-state index in [4.69, 9.17) is 20.5 Å². The first-order chi connectivity index (χ1) is 6.57. The maximum atomic E-state index is 9.32. The van der Waals surface area contributed by atoms with Crippen molar-refractivity contribution in [2.75, 3.05) is 6.54 Å². The van der Waals surface area contributed by atoms with E-state index in [1.807, 2.05) is 0 Å². The number of ether oxygens (including phenoxy) is 1. The molecule has 0 aromatic rings. The highest BCUT2D eigenvalue weighted by molar-refractivity contribution is 4.89. The Morgan fingerprint density at radius 1 is 1.14 bits per heavy atom. The van der Waals surface area contributed by atoms with Gasteiger partial charge in [0.05, 0.1) is 12.6 Å². The normalized spacial score (nSPS) is 43.0. The molecule has 0 amide bonds. The van der Waals surface area contributed by atoms with Crippen molar-refractivity contribution in [2.45, 2.75) is 30.7 Å². The summed E-state index contributed by atoms with van der Waals surface area (Å²) in [6, 6.07) is 0. The number of hydrogen-bond acceptors (Lipinski definition) is 6. The summed E-state index contributed by atoms with van der Waals surface area (Å²) in [7, 11) is 0. The first-order valence-electron chi connectivity index (χ1n) is 3.96. The second-order valence-electron chi connectivity index (χ2n) is 2.95. The first kappa shape index (κ1) is 11.2. The van der Waals surface area contributed by atoms with E-state index in [1.54, 1.807) is 0 Å². The van der Waals surface area contributed by atoms with Crippen LogP contribution in [-0.2, 0) is 4.74 Å². The van der Waals surface area contributed by atoms with Crippen LogP contribution >= 0.6 is 0 Å². The maximum absolute atomic E-state index is 9.32. The van der Waals surface area contributed by atoms with Crippen LogP contribution in [0.5, 0.6) is 0 Å². The lowest BCUT2D eigenvalue weighted by molar-refractivity contribution is -0.279. The van der Waals surface area contributed by atoms with Crippen LogP contribution in [-0.4, -0.2) is 57.7 Å². The number of aliphatic hydroxyl groups is 4. The maximum Gasteiger partial charge on any atom is 0.183 e. The fourth-order valence-corrected chi connectivity index (χ4v) is 1.20. The molecule has 1 fully saturated rings. The third-order valence-corrected chi connectivity index (χ3v) is 2.01. The number of hydrogen-bond donors (Lipinski definition) is 4. The van der Waals surface area contributed by atoms with Crippen molar-refractivity contribution in [3.8, 4) is 0 Å². The van der Waals surface area contributed by atoms with Gasteiger partial charge < -0.3 is 25.2 Å². The Morgan fingerprint density at radius 3 is 2.36 bits per heavy atom. The van der Waals surface area contributed by atoms with Crippen molar-refractivity contribution >= 4 is 0 Å². The molecular formula is C6H11N3O5. The Labute approximate surface area is 79.0 Å². The van der Waals surface area contributed by atoms with E-state index in [0.717, 1.165) is 0 Å². The second-order valence-corrected chi connectivity index (χ2v) is 2.95. The molecule has 5 atom stereocenters. The van der Waals surface area contributed by atoms with E-state index in [1.165, 1.54) is 0 Å². The number of nitrogens with zero attached hydrogens (tertiary/aromatic N) is 3. The lowest BCUT2D eigenvalue weighted by Crippen LogP contribution is -2.58. The molecule has 8 nitrogen and oxygen atoms in total. The lowest BCUT2D eigenvalue weighted by atomic mass is 9.99. The van der Waals surface area contributed by atoms with E-state index in [-0.39, 0.29) is 6.54 Å². The Balaban J connectivity index is 2.64. The van der Waals surface area contributed by atoms with E-state index in [0.29, 0.717) is 0 Å². The molecule has 0 aromatic heterocycles. The van der Waals surface area contributed by atoms with Gasteiger partial charge in [0, 0.05) is 4.91 Å². The molecule has 1 heterocycles. The highest BCUT2D eigenvalue weighted by Gasteiger charge is 2.42. The highest BCUT2D eigenvalue weighted by Crippen LogP contribution is 2.19. The minimum Gasteiger partial charge on any atom is -0.388 e. The van der Waals surface area contributed by atoms with Crippen molar-refractivity contribution in [2.24, 2.45) is 5.11 Å². The van der Waals surface area contributed by atoms with Crippen molar-refractivity contribution in [3.63, 3.8) is 0 Å². The zero-order valence-electron chi connectivity index (χ0n) is 7.13. The van der Waals surface area contributed by atoms with Crippen LogP contribution in [0, 0.1) is 0 Å². The molecule has 80 valence electrons. The van der Waals surface area contributed by atoms with Crippen LogP contribution in [0.3, 0.4) is 0 Å². The Kier molecular flexibility index (Phi) is 3.64. The molecule has 0 bridgehead atoms. The van der Waals surface area contributed by atoms with E-state index >= 15 is 0 Å². The fraction of sp³-hybridized carbons (Fsp3) is 1.00. The van der Waals surface area contributed by atoms with Crippen LogP contribution in [0.1, 0.15) is 0 Å². The Morgan fingerprint density at radius 2 is 1.79 bits per heavy atom. The highest BCUT2D eigenvalue weighted by atomic mass is 16.6. The van der Waals surface area contributed by atoms with Gasteiger partial charge in [-0.25, -0.2) is 0 Å². The first-order valence-corrected chi connectivity index (χ1v) is 3.96. The van der Waals surface area contributed by atoms with Gasteiger partial charge >= 0.3 is 0 Å². The zero-order chi connectivity index (χ0) is 10.7. The molecule has 0 radical (unpaired) electrons. The zero-order valence-corrected chi connectivity index (χ0v) is 7.13. The molecule has 0 aromatic carbocycles. The molecule has 0 aliphatic carbocycles. The van der Waals surface area contributed by atoms with E-state index in [2.05, 4.69) is 10.0 Å². The van der Waals surface area contributed by atoms with Gasteiger partial charge in [-0.1, -0.05) is 5.11 Å². The summed E-state index contributed by atoms with van der Waals surface area (Å²) < 4.78 is 4.71. The van der Waals surface area contributed by atoms with Crippen LogP contribution in [0.25, 0.3) is 10.4 Å². The standard InChI is InChI=1S/C6H11N3O5/c7-9-8-1-2-3(10)4(11)5(12)6(13)14-2/h2-6,10-13H,1H2/t2?,3-,4?,5?,6+/m0/s1. The summed E-state index contributed by atoms with van der Waals surface area (Å²) in [4.78, 5) is 2.44. The molecule has 1 aliphatic rings. The summed E-state index contributed by atoms with van der Waals surface area (Å²) >= 11 is 0. The second kappa shape index (κ2) is 4.56. The predicted molar refractivity (Wildman–Crippen MR) is 42.9 cm³/mol. The van der Waals surface area contributed by atoms with Crippen molar-refractivity contribution in [1.82, 2.24) is 0 Å². The molecule has 1 aliphatic heterocycles. The summed E-state index contributed by atoms with van der Waals surface area (Å²) in [5.74, 6) is 0. The molecule has 0 saturated carbocycles. The molecule has 3 unspecified atom stereocenters. The van der Waals surface area contributed by atoms with Gasteiger partial charge in [-0.15, -0.1) is 0 Å². The average molecular weight is 205 g/mol. The van der Waals surface area contributed by atoms with Gasteiger partial charge in [0.1, 0.15) is 18.3 Å². The molecule has 4 N–H and O–H groups in total. The molecular weight excluding hydrogens is 194 g/mol. The molecule has 1 rings (SSSR count). The van der Waals surface area contributed by atoms with Gasteiger partial charge in [-0.2, -0.15) is 0 Å². The average Bonchev–Trinajstić information content (AvgIpc) is 2.18. The van der Waals surface area contributed by atoms with E-state index in [9.17, 15) is 10.2 Å². The summed E-state index contributed by atoms with van der Waals surface area (Å²) in [5, 5.41) is 39.8. The summed E-state index contributed by atoms with van der Waals surface area (Å²) in [6.07, 6.45) is -7.07. The van der Waals surface area contributed by atoms with Crippen LogP contribution in [0.4, 0.5) is 0 Å². The monoisotopic (exact) mass is 205 g/mol. The Bertz CT molecular complexity index is 244. The number of azide groups is 1. The number of aliphatic hydroxyl groups excluding tert-OH is 4. The molecule has 1 saturated heterocycles. The third-order valence-electron chi connectivity index (χ3n) is 2.01. The third kappa shape index (κ3) is 2.13. The smallest absolute Gasteiger partial charge is 0.183 e. The van der Waals surface area contributed by atoms with Crippen molar-refractivity contribution in [3.05, 3.63) is 10.4 Å². The number of rotatable bonds is 2. The van der Waals surface area contributed by atoms with Gasteiger partial charge in [-0.3, -0.25) is 0 Å². The molecule has 0 spiro atoms. The van der Waals surface area contributed by atoms with Crippen molar-refractivity contribution in [1.29, 1.82) is 0 Å². The van der Waals surface area contributed by atoms with Crippen molar-refractivity contribution < 1.29 is 25.2 Å².